The van der Waals surface area contributed by atoms with Crippen molar-refractivity contribution < 1.29 is 29.3 Å². The zero-order valence-electron chi connectivity index (χ0n) is 12.8. The van der Waals surface area contributed by atoms with Crippen LogP contribution in [0.2, 0.25) is 0 Å². The quantitative estimate of drug-likeness (QED) is 0.732. The highest BCUT2D eigenvalue weighted by molar-refractivity contribution is 4.66. The van der Waals surface area contributed by atoms with E-state index in [1.54, 1.807) is 13.8 Å². The van der Waals surface area contributed by atoms with Gasteiger partial charge in [0.25, 0.3) is 0 Å². The van der Waals surface area contributed by atoms with Gasteiger partial charge in [-0.3, -0.25) is 0 Å². The summed E-state index contributed by atoms with van der Waals surface area (Å²) in [6.07, 6.45) is 2.29. The van der Waals surface area contributed by atoms with Gasteiger partial charge in [-0.15, -0.1) is 0 Å². The lowest BCUT2D eigenvalue weighted by molar-refractivity contribution is -0.550. The SMILES string of the molecule is CCC1(CC)OOC(C)(C)OOC(CC)(CC)OO1. The third-order valence-corrected chi connectivity index (χ3v) is 3.29. The third-order valence-electron chi connectivity index (χ3n) is 3.29. The molecule has 0 aromatic heterocycles. The van der Waals surface area contributed by atoms with Crippen molar-refractivity contribution >= 4 is 0 Å². The molecule has 1 saturated heterocycles. The van der Waals surface area contributed by atoms with Gasteiger partial charge in [0.1, 0.15) is 0 Å². The Morgan fingerprint density at radius 1 is 0.526 bits per heavy atom. The van der Waals surface area contributed by atoms with Crippen LogP contribution in [0.15, 0.2) is 0 Å². The average Bonchev–Trinajstić information content (AvgIpc) is 2.48. The summed E-state index contributed by atoms with van der Waals surface area (Å²) in [7, 11) is 0. The molecule has 0 saturated carbocycles. The molecule has 0 bridgehead atoms. The fraction of sp³-hybridized carbons (Fsp3) is 1.00. The monoisotopic (exact) mass is 278 g/mol. The summed E-state index contributed by atoms with van der Waals surface area (Å²) in [6, 6.07) is 0. The summed E-state index contributed by atoms with van der Waals surface area (Å²) in [5.41, 5.74) is 0. The van der Waals surface area contributed by atoms with Crippen molar-refractivity contribution in [1.29, 1.82) is 0 Å². The molecule has 0 atom stereocenters. The minimum Gasteiger partial charge on any atom is -0.195 e. The van der Waals surface area contributed by atoms with Crippen molar-refractivity contribution in [3.63, 3.8) is 0 Å². The molecule has 0 aromatic rings. The first-order valence-electron chi connectivity index (χ1n) is 6.97. The molecule has 1 aliphatic rings. The molecule has 0 unspecified atom stereocenters. The Morgan fingerprint density at radius 3 is 1.05 bits per heavy atom. The van der Waals surface area contributed by atoms with Crippen molar-refractivity contribution in [2.24, 2.45) is 0 Å². The minimum absolute atomic E-state index is 0.573. The maximum Gasteiger partial charge on any atom is 0.233 e. The van der Waals surface area contributed by atoms with Crippen LogP contribution in [0.25, 0.3) is 0 Å². The third kappa shape index (κ3) is 4.11. The molecule has 0 spiro atoms. The van der Waals surface area contributed by atoms with E-state index in [2.05, 4.69) is 0 Å². The maximum absolute atomic E-state index is 5.49. The molecule has 19 heavy (non-hydrogen) atoms. The molecule has 0 aromatic carbocycles. The number of rotatable bonds is 4. The van der Waals surface area contributed by atoms with E-state index >= 15 is 0 Å². The van der Waals surface area contributed by atoms with E-state index in [-0.39, 0.29) is 0 Å². The van der Waals surface area contributed by atoms with Crippen molar-refractivity contribution in [2.75, 3.05) is 0 Å². The molecule has 0 N–H and O–H groups in total. The summed E-state index contributed by atoms with van der Waals surface area (Å²) < 4.78 is 0. The van der Waals surface area contributed by atoms with Crippen LogP contribution in [0.5, 0.6) is 0 Å². The Morgan fingerprint density at radius 2 is 0.789 bits per heavy atom. The second-order valence-electron chi connectivity index (χ2n) is 5.14. The van der Waals surface area contributed by atoms with Crippen LogP contribution in [0.3, 0.4) is 0 Å². The van der Waals surface area contributed by atoms with Crippen LogP contribution in [0.1, 0.15) is 67.2 Å². The van der Waals surface area contributed by atoms with Gasteiger partial charge in [0.2, 0.25) is 17.4 Å². The number of hydrogen-bond acceptors (Lipinski definition) is 6. The predicted octanol–water partition coefficient (Wildman–Crippen LogP) is 3.61. The topological polar surface area (TPSA) is 55.4 Å². The summed E-state index contributed by atoms with van der Waals surface area (Å²) in [6.45, 7) is 11.1. The Kier molecular flexibility index (Phi) is 5.73. The Balaban J connectivity index is 2.96. The van der Waals surface area contributed by atoms with Crippen LogP contribution in [-0.2, 0) is 29.3 Å². The van der Waals surface area contributed by atoms with E-state index in [9.17, 15) is 0 Å². The van der Waals surface area contributed by atoms with E-state index in [0.29, 0.717) is 25.7 Å². The summed E-state index contributed by atoms with van der Waals surface area (Å²) in [4.78, 5) is 32.3. The molecule has 1 fully saturated rings. The highest BCUT2D eigenvalue weighted by atomic mass is 17.4. The van der Waals surface area contributed by atoms with Crippen molar-refractivity contribution in [2.45, 2.75) is 84.6 Å². The highest BCUT2D eigenvalue weighted by Crippen LogP contribution is 2.34. The maximum atomic E-state index is 5.49. The lowest BCUT2D eigenvalue weighted by Gasteiger charge is -2.32. The van der Waals surface area contributed by atoms with Crippen molar-refractivity contribution in [3.8, 4) is 0 Å². The molecule has 1 heterocycles. The summed E-state index contributed by atoms with van der Waals surface area (Å²) >= 11 is 0. The molecule has 0 aliphatic carbocycles. The summed E-state index contributed by atoms with van der Waals surface area (Å²) in [5.74, 6) is -2.99. The van der Waals surface area contributed by atoms with Crippen LogP contribution >= 0.6 is 0 Å². The van der Waals surface area contributed by atoms with E-state index < -0.39 is 17.4 Å². The van der Waals surface area contributed by atoms with E-state index in [4.69, 9.17) is 29.3 Å². The molecule has 0 radical (unpaired) electrons. The van der Waals surface area contributed by atoms with Gasteiger partial charge in [-0.05, 0) is 13.8 Å². The molecule has 1 aliphatic heterocycles. The first-order valence-corrected chi connectivity index (χ1v) is 6.97. The molecular weight excluding hydrogens is 252 g/mol. The van der Waals surface area contributed by atoms with Gasteiger partial charge in [-0.2, -0.15) is 29.3 Å². The van der Waals surface area contributed by atoms with Gasteiger partial charge >= 0.3 is 0 Å². The second-order valence-corrected chi connectivity index (χ2v) is 5.14. The Labute approximate surface area is 115 Å². The van der Waals surface area contributed by atoms with Gasteiger partial charge in [0.05, 0.1) is 0 Å². The minimum atomic E-state index is -1.05. The number of hydrogen-bond donors (Lipinski definition) is 0. The van der Waals surface area contributed by atoms with Crippen LogP contribution in [0, 0.1) is 0 Å². The van der Waals surface area contributed by atoms with E-state index in [1.165, 1.54) is 0 Å². The summed E-state index contributed by atoms with van der Waals surface area (Å²) in [5, 5.41) is 0. The van der Waals surface area contributed by atoms with Gasteiger partial charge < -0.3 is 0 Å². The van der Waals surface area contributed by atoms with Crippen molar-refractivity contribution in [3.05, 3.63) is 0 Å². The normalized spacial score (nSPS) is 26.2. The lowest BCUT2D eigenvalue weighted by Crippen LogP contribution is -2.40. The zero-order chi connectivity index (χ0) is 14.6. The fourth-order valence-electron chi connectivity index (χ4n) is 1.52. The highest BCUT2D eigenvalue weighted by Gasteiger charge is 2.43. The second kappa shape index (κ2) is 6.47. The van der Waals surface area contributed by atoms with Crippen LogP contribution in [0.4, 0.5) is 0 Å². The lowest BCUT2D eigenvalue weighted by atomic mass is 10.1. The fourth-order valence-corrected chi connectivity index (χ4v) is 1.52. The van der Waals surface area contributed by atoms with Crippen molar-refractivity contribution in [1.82, 2.24) is 0 Å². The average molecular weight is 278 g/mol. The van der Waals surface area contributed by atoms with Crippen LogP contribution < -0.4 is 0 Å². The molecule has 1 rings (SSSR count). The Hall–Kier alpha value is -0.240. The molecule has 114 valence electrons. The zero-order valence-corrected chi connectivity index (χ0v) is 12.8. The van der Waals surface area contributed by atoms with E-state index in [1.807, 2.05) is 27.7 Å². The van der Waals surface area contributed by atoms with Gasteiger partial charge in [-0.25, -0.2) is 0 Å². The molecular formula is C13H26O6. The standard InChI is InChI=1S/C13H26O6/c1-7-12(8-2)16-14-11(5,6)15-17-13(9-3,10-4)19-18-12/h7-10H2,1-6H3. The van der Waals surface area contributed by atoms with Gasteiger partial charge in [0, 0.05) is 25.7 Å². The molecule has 0 amide bonds. The molecule has 6 nitrogen and oxygen atoms in total. The largest absolute Gasteiger partial charge is 0.233 e. The van der Waals surface area contributed by atoms with Gasteiger partial charge in [0.15, 0.2) is 0 Å². The first kappa shape index (κ1) is 16.8. The first-order chi connectivity index (χ1) is 8.86. The smallest absolute Gasteiger partial charge is 0.195 e. The van der Waals surface area contributed by atoms with E-state index in [0.717, 1.165) is 0 Å². The van der Waals surface area contributed by atoms with Crippen LogP contribution in [-0.4, -0.2) is 17.4 Å². The molecule has 6 heteroatoms. The predicted molar refractivity (Wildman–Crippen MR) is 67.2 cm³/mol. The Bertz CT molecular complexity index is 244. The van der Waals surface area contributed by atoms with Gasteiger partial charge in [-0.1, -0.05) is 27.7 Å².